The molecule has 3 aliphatic rings. The Morgan fingerprint density at radius 3 is 2.55 bits per heavy atom. The lowest BCUT2D eigenvalue weighted by atomic mass is 9.95. The van der Waals surface area contributed by atoms with E-state index in [4.69, 9.17) is 19.2 Å². The first-order valence-corrected chi connectivity index (χ1v) is 7.77. The predicted molar refractivity (Wildman–Crippen MR) is 76.7 cm³/mol. The third-order valence-electron chi connectivity index (χ3n) is 3.73. The normalized spacial score (nSPS) is 43.7. The maximum absolute atomic E-state index is 9.97. The summed E-state index contributed by atoms with van der Waals surface area (Å²) in [6.07, 6.45) is -1.44. The molecule has 6 nitrogen and oxygen atoms in total. The Morgan fingerprint density at radius 2 is 1.95 bits per heavy atom. The average Bonchev–Trinajstić information content (AvgIpc) is 2.86. The number of ether oxygens (including phenoxy) is 3. The molecule has 0 aromatic carbocycles. The molecule has 114 valence electrons. The fourth-order valence-corrected chi connectivity index (χ4v) is 4.05. The van der Waals surface area contributed by atoms with Crippen molar-refractivity contribution in [3.8, 4) is 0 Å². The van der Waals surface area contributed by atoms with Gasteiger partial charge < -0.3 is 24.2 Å². The highest BCUT2D eigenvalue weighted by Crippen LogP contribution is 2.45. The molecule has 6 atom stereocenters. The number of aliphatic imine (C=N–C) groups is 1. The van der Waals surface area contributed by atoms with Gasteiger partial charge in [0.05, 0.1) is 6.10 Å². The Balaban J connectivity index is 1.89. The lowest BCUT2D eigenvalue weighted by molar-refractivity contribution is -0.168. The lowest BCUT2D eigenvalue weighted by Gasteiger charge is -2.38. The van der Waals surface area contributed by atoms with Crippen LogP contribution >= 0.6 is 11.8 Å². The summed E-state index contributed by atoms with van der Waals surface area (Å²) in [5, 5.41) is 10.9. The van der Waals surface area contributed by atoms with Crippen LogP contribution in [-0.4, -0.2) is 71.0 Å². The Hall–Kier alpha value is -0.340. The van der Waals surface area contributed by atoms with E-state index in [1.54, 1.807) is 18.7 Å². The molecule has 0 amide bonds. The Bertz CT molecular complexity index is 427. The zero-order valence-electron chi connectivity index (χ0n) is 12.4. The second-order valence-corrected chi connectivity index (χ2v) is 7.25. The van der Waals surface area contributed by atoms with Gasteiger partial charge in [-0.1, -0.05) is 11.8 Å². The quantitative estimate of drug-likeness (QED) is 0.767. The van der Waals surface area contributed by atoms with Crippen LogP contribution in [0.5, 0.6) is 0 Å². The lowest BCUT2D eigenvalue weighted by Crippen LogP contribution is -2.56. The summed E-state index contributed by atoms with van der Waals surface area (Å²) in [5.74, 6) is -0.665. The molecule has 0 bridgehead atoms. The van der Waals surface area contributed by atoms with E-state index in [1.165, 1.54) is 0 Å². The monoisotopic (exact) mass is 302 g/mol. The highest BCUT2D eigenvalue weighted by molar-refractivity contribution is 8.14. The van der Waals surface area contributed by atoms with E-state index in [0.717, 1.165) is 5.17 Å². The average molecular weight is 302 g/mol. The first kappa shape index (κ1) is 14.6. The number of hydrogen-bond acceptors (Lipinski definition) is 7. The molecule has 0 aromatic rings. The van der Waals surface area contributed by atoms with Crippen molar-refractivity contribution in [2.24, 2.45) is 4.99 Å². The Labute approximate surface area is 123 Å². The standard InChI is InChI=1S/C13H22N2O4S/c1-6(16)8-10-9(18-13(2,3)19-10)7-11(17-8)20-12(14-7)15(4)5/h6-11,16H,1-5H3/t6-,7+,8+,9+,10+,11+/m0/s1. The number of fused-ring (bicyclic) bond motifs is 3. The van der Waals surface area contributed by atoms with Gasteiger partial charge in [0.2, 0.25) is 0 Å². The van der Waals surface area contributed by atoms with Crippen molar-refractivity contribution < 1.29 is 19.3 Å². The smallest absolute Gasteiger partial charge is 0.164 e. The number of amidine groups is 1. The van der Waals surface area contributed by atoms with Crippen molar-refractivity contribution in [3.05, 3.63) is 0 Å². The maximum Gasteiger partial charge on any atom is 0.164 e. The van der Waals surface area contributed by atoms with Crippen LogP contribution in [0.15, 0.2) is 4.99 Å². The molecule has 0 aromatic heterocycles. The van der Waals surface area contributed by atoms with Crippen molar-refractivity contribution in [1.29, 1.82) is 0 Å². The van der Waals surface area contributed by atoms with E-state index in [2.05, 4.69) is 0 Å². The van der Waals surface area contributed by atoms with E-state index in [0.29, 0.717) is 0 Å². The minimum atomic E-state index is -0.665. The molecular weight excluding hydrogens is 280 g/mol. The van der Waals surface area contributed by atoms with Gasteiger partial charge in [-0.05, 0) is 20.8 Å². The van der Waals surface area contributed by atoms with Gasteiger partial charge in [-0.2, -0.15) is 0 Å². The number of rotatable bonds is 1. The fraction of sp³-hybridized carbons (Fsp3) is 0.923. The highest BCUT2D eigenvalue weighted by atomic mass is 32.2. The van der Waals surface area contributed by atoms with Crippen LogP contribution in [-0.2, 0) is 14.2 Å². The van der Waals surface area contributed by atoms with Gasteiger partial charge in [0.25, 0.3) is 0 Å². The summed E-state index contributed by atoms with van der Waals surface area (Å²) in [7, 11) is 3.92. The van der Waals surface area contributed by atoms with Crippen LogP contribution in [0.2, 0.25) is 0 Å². The van der Waals surface area contributed by atoms with Crippen LogP contribution in [0.4, 0.5) is 0 Å². The van der Waals surface area contributed by atoms with Crippen LogP contribution < -0.4 is 0 Å². The number of aliphatic hydroxyl groups excluding tert-OH is 1. The molecule has 2 fully saturated rings. The molecule has 3 rings (SSSR count). The third-order valence-corrected chi connectivity index (χ3v) is 5.04. The molecule has 0 aliphatic carbocycles. The van der Waals surface area contributed by atoms with E-state index in [-0.39, 0.29) is 29.8 Å². The van der Waals surface area contributed by atoms with Gasteiger partial charge in [-0.3, -0.25) is 4.99 Å². The Morgan fingerprint density at radius 1 is 1.30 bits per heavy atom. The van der Waals surface area contributed by atoms with Crippen LogP contribution in [0.3, 0.4) is 0 Å². The largest absolute Gasteiger partial charge is 0.391 e. The van der Waals surface area contributed by atoms with E-state index in [9.17, 15) is 5.11 Å². The van der Waals surface area contributed by atoms with Crippen LogP contribution in [0.1, 0.15) is 20.8 Å². The molecule has 7 heteroatoms. The molecule has 2 saturated heterocycles. The minimum absolute atomic E-state index is 0.0841. The number of hydrogen-bond donors (Lipinski definition) is 1. The summed E-state index contributed by atoms with van der Waals surface area (Å²) in [5.41, 5.74) is -0.120. The second kappa shape index (κ2) is 4.84. The van der Waals surface area contributed by atoms with Crippen molar-refractivity contribution in [2.45, 2.75) is 62.5 Å². The van der Waals surface area contributed by atoms with Crippen molar-refractivity contribution in [1.82, 2.24) is 4.90 Å². The zero-order chi connectivity index (χ0) is 14.7. The summed E-state index contributed by atoms with van der Waals surface area (Å²) in [6, 6.07) is -0.0841. The molecule has 20 heavy (non-hydrogen) atoms. The number of aliphatic hydroxyl groups is 1. The first-order valence-electron chi connectivity index (χ1n) is 6.89. The minimum Gasteiger partial charge on any atom is -0.391 e. The maximum atomic E-state index is 9.97. The zero-order valence-corrected chi connectivity index (χ0v) is 13.3. The van der Waals surface area contributed by atoms with Crippen LogP contribution in [0, 0.1) is 0 Å². The third kappa shape index (κ3) is 2.35. The highest BCUT2D eigenvalue weighted by Gasteiger charge is 2.58. The topological polar surface area (TPSA) is 63.5 Å². The van der Waals surface area contributed by atoms with E-state index in [1.807, 2.05) is 32.8 Å². The molecular formula is C13H22N2O4S. The SMILES string of the molecule is C[C@H](O)[C@H]1O[C@@H]2SC(N(C)C)=N[C@@H]2[C@H]2OC(C)(C)O[C@@H]21. The van der Waals surface area contributed by atoms with E-state index >= 15 is 0 Å². The molecule has 3 aliphatic heterocycles. The van der Waals surface area contributed by atoms with Gasteiger partial charge in [0, 0.05) is 14.1 Å². The molecule has 0 radical (unpaired) electrons. The molecule has 0 unspecified atom stereocenters. The summed E-state index contributed by atoms with van der Waals surface area (Å²) in [4.78, 5) is 6.68. The van der Waals surface area contributed by atoms with Crippen molar-refractivity contribution in [2.75, 3.05) is 14.1 Å². The van der Waals surface area contributed by atoms with Gasteiger partial charge in [-0.25, -0.2) is 0 Å². The van der Waals surface area contributed by atoms with Crippen LogP contribution in [0.25, 0.3) is 0 Å². The van der Waals surface area contributed by atoms with Gasteiger partial charge in [0.15, 0.2) is 11.0 Å². The fourth-order valence-electron chi connectivity index (χ4n) is 2.91. The van der Waals surface area contributed by atoms with Gasteiger partial charge in [-0.15, -0.1) is 0 Å². The molecule has 3 heterocycles. The number of nitrogens with zero attached hydrogens (tertiary/aromatic N) is 2. The summed E-state index contributed by atoms with van der Waals surface area (Å²) < 4.78 is 18.0. The Kier molecular flexibility index (Phi) is 3.53. The second-order valence-electron chi connectivity index (χ2n) is 6.19. The summed E-state index contributed by atoms with van der Waals surface area (Å²) in [6.45, 7) is 5.50. The predicted octanol–water partition coefficient (Wildman–Crippen LogP) is 0.645. The molecule has 0 saturated carbocycles. The van der Waals surface area contributed by atoms with E-state index < -0.39 is 11.9 Å². The van der Waals surface area contributed by atoms with Crippen molar-refractivity contribution >= 4 is 16.9 Å². The summed E-state index contributed by atoms with van der Waals surface area (Å²) >= 11 is 1.58. The number of thioether (sulfide) groups is 1. The van der Waals surface area contributed by atoms with Gasteiger partial charge >= 0.3 is 0 Å². The molecule has 1 N–H and O–H groups in total. The van der Waals surface area contributed by atoms with Gasteiger partial charge in [0.1, 0.15) is 29.8 Å². The first-order chi connectivity index (χ1) is 9.28. The molecule has 0 spiro atoms. The van der Waals surface area contributed by atoms with Crippen molar-refractivity contribution in [3.63, 3.8) is 0 Å².